The number of rotatable bonds is 3. The molecule has 0 aromatic heterocycles. The van der Waals surface area contributed by atoms with E-state index in [1.54, 1.807) is 0 Å². The smallest absolute Gasteiger partial charge is 0.371 e. The lowest BCUT2D eigenvalue weighted by atomic mass is 10.1. The lowest BCUT2D eigenvalue weighted by molar-refractivity contribution is -0.388. The Balaban J connectivity index is 3.35. The van der Waals surface area contributed by atoms with Gasteiger partial charge in [0, 0.05) is 12.1 Å². The van der Waals surface area contributed by atoms with E-state index in [4.69, 9.17) is 0 Å². The summed E-state index contributed by atoms with van der Waals surface area (Å²) >= 11 is 0. The lowest BCUT2D eigenvalue weighted by Gasteiger charge is -2.09. The molecule has 0 unspecified atom stereocenters. The van der Waals surface area contributed by atoms with E-state index < -0.39 is 38.4 Å². The summed E-state index contributed by atoms with van der Waals surface area (Å²) in [6.07, 6.45) is -5.03. The minimum Gasteiger partial charge on any atom is -0.371 e. The molecular weight excluding hydrogens is 281 g/mol. The van der Waals surface area contributed by atoms with Gasteiger partial charge in [0.25, 0.3) is 5.69 Å². The van der Waals surface area contributed by atoms with Crippen LogP contribution in [-0.2, 0) is 16.5 Å². The molecule has 18 heavy (non-hydrogen) atoms. The maximum absolute atomic E-state index is 12.5. The minimum absolute atomic E-state index is 0.183. The second-order valence-electron chi connectivity index (χ2n) is 3.01. The van der Waals surface area contributed by atoms with E-state index in [9.17, 15) is 31.7 Å². The Hall–Kier alpha value is -1.88. The molecule has 1 rings (SSSR count). The first-order valence-electron chi connectivity index (χ1n) is 4.08. The van der Waals surface area contributed by atoms with Crippen LogP contribution in [0.3, 0.4) is 0 Å². The van der Waals surface area contributed by atoms with Crippen LogP contribution < -0.4 is 9.32 Å². The van der Waals surface area contributed by atoms with E-state index in [-0.39, 0.29) is 6.07 Å². The van der Waals surface area contributed by atoms with Crippen LogP contribution >= 0.6 is 0 Å². The highest BCUT2D eigenvalue weighted by atomic mass is 32.2. The van der Waals surface area contributed by atoms with E-state index in [0.717, 1.165) is 0 Å². The molecule has 7 nitrogen and oxygen atoms in total. The molecule has 0 amide bonds. The number of hydrogen-bond donors (Lipinski definition) is 1. The second kappa shape index (κ2) is 4.42. The maximum Gasteiger partial charge on any atom is 0.423 e. The van der Waals surface area contributed by atoms with Gasteiger partial charge >= 0.3 is 16.5 Å². The Bertz CT molecular complexity index is 583. The van der Waals surface area contributed by atoms with Crippen molar-refractivity contribution in [3.8, 4) is 5.75 Å². The summed E-state index contributed by atoms with van der Waals surface area (Å²) in [4.78, 5) is 9.14. The molecule has 0 atom stereocenters. The summed E-state index contributed by atoms with van der Waals surface area (Å²) in [5, 5.41) is 14.8. The predicted molar refractivity (Wildman–Crippen MR) is 51.8 cm³/mol. The highest BCUT2D eigenvalue weighted by Crippen LogP contribution is 2.38. The van der Waals surface area contributed by atoms with Gasteiger partial charge < -0.3 is 4.18 Å². The summed E-state index contributed by atoms with van der Waals surface area (Å²) in [6, 6.07) is 1.35. The average Bonchev–Trinajstić information content (AvgIpc) is 2.13. The largest absolute Gasteiger partial charge is 0.423 e. The molecule has 0 aliphatic carbocycles. The SMILES string of the molecule is NS(=O)(=O)Oc1ccc([N+](=O)[O-])c(C(F)(F)F)c1. The van der Waals surface area contributed by atoms with Crippen molar-refractivity contribution in [2.75, 3.05) is 0 Å². The Kier molecular flexibility index (Phi) is 3.48. The average molecular weight is 286 g/mol. The third-order valence-corrected chi connectivity index (χ3v) is 2.11. The number of nitrogens with zero attached hydrogens (tertiary/aromatic N) is 1. The van der Waals surface area contributed by atoms with Gasteiger partial charge in [0.1, 0.15) is 11.3 Å². The summed E-state index contributed by atoms with van der Waals surface area (Å²) in [5.74, 6) is -0.768. The molecule has 0 fully saturated rings. The van der Waals surface area contributed by atoms with Gasteiger partial charge in [-0.3, -0.25) is 10.1 Å². The van der Waals surface area contributed by atoms with Crippen LogP contribution in [0.4, 0.5) is 18.9 Å². The Morgan fingerprint density at radius 1 is 1.33 bits per heavy atom. The van der Waals surface area contributed by atoms with Crippen LogP contribution in [0.5, 0.6) is 5.75 Å². The van der Waals surface area contributed by atoms with E-state index in [1.165, 1.54) is 0 Å². The van der Waals surface area contributed by atoms with Crippen molar-refractivity contribution in [1.82, 2.24) is 0 Å². The number of alkyl halides is 3. The molecule has 1 aromatic rings. The minimum atomic E-state index is -5.03. The fraction of sp³-hybridized carbons (Fsp3) is 0.143. The van der Waals surface area contributed by atoms with Crippen LogP contribution in [0.25, 0.3) is 0 Å². The molecule has 0 saturated heterocycles. The number of nitro benzene ring substituents is 1. The first-order chi connectivity index (χ1) is 8.00. The van der Waals surface area contributed by atoms with Gasteiger partial charge in [-0.1, -0.05) is 0 Å². The zero-order chi connectivity index (χ0) is 14.1. The van der Waals surface area contributed by atoms with E-state index in [2.05, 4.69) is 9.32 Å². The third kappa shape index (κ3) is 3.56. The van der Waals surface area contributed by atoms with Crippen LogP contribution in [0, 0.1) is 10.1 Å². The molecule has 100 valence electrons. The lowest BCUT2D eigenvalue weighted by Crippen LogP contribution is -2.19. The van der Waals surface area contributed by atoms with E-state index in [0.29, 0.717) is 12.1 Å². The third-order valence-electron chi connectivity index (χ3n) is 1.68. The van der Waals surface area contributed by atoms with Gasteiger partial charge in [0.05, 0.1) is 4.92 Å². The maximum atomic E-state index is 12.5. The van der Waals surface area contributed by atoms with E-state index in [1.807, 2.05) is 0 Å². The van der Waals surface area contributed by atoms with Gasteiger partial charge in [0.2, 0.25) is 0 Å². The predicted octanol–water partition coefficient (Wildman–Crippen LogP) is 1.20. The molecule has 11 heteroatoms. The Labute approximate surface area is 98.4 Å². The Morgan fingerprint density at radius 3 is 2.28 bits per heavy atom. The van der Waals surface area contributed by atoms with Gasteiger partial charge in [-0.05, 0) is 6.07 Å². The molecule has 0 aliphatic heterocycles. The normalized spacial score (nSPS) is 12.2. The highest BCUT2D eigenvalue weighted by molar-refractivity contribution is 7.84. The van der Waals surface area contributed by atoms with Gasteiger partial charge in [-0.25, -0.2) is 0 Å². The topological polar surface area (TPSA) is 113 Å². The number of nitrogens with two attached hydrogens (primary N) is 1. The van der Waals surface area contributed by atoms with Crippen molar-refractivity contribution < 1.29 is 30.7 Å². The van der Waals surface area contributed by atoms with Gasteiger partial charge in [-0.15, -0.1) is 0 Å². The van der Waals surface area contributed by atoms with Crippen molar-refractivity contribution >= 4 is 16.0 Å². The summed E-state index contributed by atoms with van der Waals surface area (Å²) in [6.45, 7) is 0. The highest BCUT2D eigenvalue weighted by Gasteiger charge is 2.38. The molecule has 0 bridgehead atoms. The molecule has 0 saturated carbocycles. The van der Waals surface area contributed by atoms with Crippen molar-refractivity contribution in [1.29, 1.82) is 0 Å². The molecule has 0 spiro atoms. The summed E-state index contributed by atoms with van der Waals surface area (Å²) in [5.41, 5.74) is -2.85. The van der Waals surface area contributed by atoms with Gasteiger partial charge in [-0.2, -0.15) is 26.7 Å². The number of halogens is 3. The second-order valence-corrected chi connectivity index (χ2v) is 4.16. The summed E-state index contributed by atoms with van der Waals surface area (Å²) in [7, 11) is -4.51. The number of hydrogen-bond acceptors (Lipinski definition) is 5. The molecule has 2 N–H and O–H groups in total. The molecule has 0 heterocycles. The fourth-order valence-corrected chi connectivity index (χ4v) is 1.46. The number of nitro groups is 1. The number of benzene rings is 1. The van der Waals surface area contributed by atoms with Crippen molar-refractivity contribution in [3.63, 3.8) is 0 Å². The zero-order valence-corrected chi connectivity index (χ0v) is 9.16. The van der Waals surface area contributed by atoms with Crippen molar-refractivity contribution in [2.24, 2.45) is 5.14 Å². The van der Waals surface area contributed by atoms with Crippen LogP contribution in [0.1, 0.15) is 5.56 Å². The van der Waals surface area contributed by atoms with Crippen LogP contribution in [-0.4, -0.2) is 13.3 Å². The zero-order valence-electron chi connectivity index (χ0n) is 8.34. The van der Waals surface area contributed by atoms with Crippen LogP contribution in [0.15, 0.2) is 18.2 Å². The monoisotopic (exact) mass is 286 g/mol. The summed E-state index contributed by atoms with van der Waals surface area (Å²) < 4.78 is 62.5. The molecule has 0 radical (unpaired) electrons. The van der Waals surface area contributed by atoms with Gasteiger partial charge in [0.15, 0.2) is 0 Å². The first-order valence-corrected chi connectivity index (χ1v) is 5.55. The first kappa shape index (κ1) is 14.2. The van der Waals surface area contributed by atoms with Crippen molar-refractivity contribution in [3.05, 3.63) is 33.9 Å². The van der Waals surface area contributed by atoms with Crippen LogP contribution in [0.2, 0.25) is 0 Å². The molecular formula is C7H5F3N2O5S. The molecule has 1 aromatic carbocycles. The quantitative estimate of drug-likeness (QED) is 0.662. The standard InChI is InChI=1S/C7H5F3N2O5S/c8-7(9,10)5-3-4(17-18(11,15)16)1-2-6(5)12(13)14/h1-3H,(H2,11,15,16). The molecule has 0 aliphatic rings. The fourth-order valence-electron chi connectivity index (χ4n) is 1.09. The van der Waals surface area contributed by atoms with Crippen molar-refractivity contribution in [2.45, 2.75) is 6.18 Å². The van der Waals surface area contributed by atoms with E-state index >= 15 is 0 Å². The Morgan fingerprint density at radius 2 is 1.89 bits per heavy atom.